The summed E-state index contributed by atoms with van der Waals surface area (Å²) in [5.41, 5.74) is 3.65. The smallest absolute Gasteiger partial charge is 0.253 e. The van der Waals surface area contributed by atoms with Crippen LogP contribution in [-0.4, -0.2) is 29.8 Å². The van der Waals surface area contributed by atoms with Gasteiger partial charge in [-0.1, -0.05) is 24.3 Å². The highest BCUT2D eigenvalue weighted by Gasteiger charge is 2.43. The van der Waals surface area contributed by atoms with Crippen LogP contribution in [0.4, 0.5) is 5.69 Å². The minimum Gasteiger partial charge on any atom is -0.365 e. The van der Waals surface area contributed by atoms with Gasteiger partial charge >= 0.3 is 0 Å². The van der Waals surface area contributed by atoms with Crippen LogP contribution in [0.3, 0.4) is 0 Å². The molecule has 0 radical (unpaired) electrons. The number of nitrogens with one attached hydrogen (secondary N) is 1. The van der Waals surface area contributed by atoms with Crippen molar-refractivity contribution >= 4 is 17.5 Å². The van der Waals surface area contributed by atoms with Gasteiger partial charge in [-0.25, -0.2) is 0 Å². The number of fused-ring (bicyclic) bond motifs is 2. The van der Waals surface area contributed by atoms with E-state index >= 15 is 0 Å². The van der Waals surface area contributed by atoms with Gasteiger partial charge < -0.3 is 15.0 Å². The zero-order valence-corrected chi connectivity index (χ0v) is 14.8. The minimum atomic E-state index is -0.233. The van der Waals surface area contributed by atoms with Crippen LogP contribution < -0.4 is 5.32 Å². The molecule has 2 aliphatic heterocycles. The monoisotopic (exact) mass is 350 g/mol. The van der Waals surface area contributed by atoms with E-state index in [-0.39, 0.29) is 17.4 Å². The number of carbonyl (C=O) groups is 2. The Morgan fingerprint density at radius 1 is 1.04 bits per heavy atom. The molecule has 2 aromatic carbocycles. The lowest BCUT2D eigenvalue weighted by atomic mass is 9.83. The highest BCUT2D eigenvalue weighted by atomic mass is 16.5. The summed E-state index contributed by atoms with van der Waals surface area (Å²) in [5, 5.41) is 2.71. The second kappa shape index (κ2) is 6.57. The fraction of sp³-hybridized carbons (Fsp3) is 0.333. The summed E-state index contributed by atoms with van der Waals surface area (Å²) < 4.78 is 6.16. The minimum absolute atomic E-state index is 0.0282. The summed E-state index contributed by atoms with van der Waals surface area (Å²) in [4.78, 5) is 25.8. The fourth-order valence-electron chi connectivity index (χ4n) is 3.95. The van der Waals surface area contributed by atoms with Crippen molar-refractivity contribution in [2.45, 2.75) is 32.0 Å². The summed E-state index contributed by atoms with van der Waals surface area (Å²) >= 11 is 0. The third kappa shape index (κ3) is 2.99. The Balaban J connectivity index is 1.44. The Kier molecular flexibility index (Phi) is 4.24. The van der Waals surface area contributed by atoms with Crippen molar-refractivity contribution in [1.29, 1.82) is 0 Å². The molecule has 0 unspecified atom stereocenters. The first-order chi connectivity index (χ1) is 12.6. The number of piperidine rings is 1. The Hall–Kier alpha value is -2.66. The number of hydrogen-bond donors (Lipinski definition) is 1. The van der Waals surface area contributed by atoms with Crippen LogP contribution in [0.1, 0.15) is 41.3 Å². The highest BCUT2D eigenvalue weighted by Crippen LogP contribution is 2.44. The van der Waals surface area contributed by atoms with Crippen LogP contribution in [0.2, 0.25) is 0 Å². The summed E-state index contributed by atoms with van der Waals surface area (Å²) in [7, 11) is 0. The molecular weight excluding hydrogens is 328 g/mol. The quantitative estimate of drug-likeness (QED) is 0.904. The Bertz CT molecular complexity index is 837. The zero-order chi connectivity index (χ0) is 18.1. The van der Waals surface area contributed by atoms with Crippen LogP contribution in [0.25, 0.3) is 0 Å². The van der Waals surface area contributed by atoms with Gasteiger partial charge in [0.05, 0.1) is 12.2 Å². The van der Waals surface area contributed by atoms with E-state index in [1.54, 1.807) is 24.3 Å². The summed E-state index contributed by atoms with van der Waals surface area (Å²) in [6, 6.07) is 15.4. The Morgan fingerprint density at radius 2 is 1.73 bits per heavy atom. The van der Waals surface area contributed by atoms with Gasteiger partial charge in [0.2, 0.25) is 5.91 Å². The molecule has 0 saturated carbocycles. The Morgan fingerprint density at radius 3 is 2.42 bits per heavy atom. The van der Waals surface area contributed by atoms with E-state index < -0.39 is 0 Å². The van der Waals surface area contributed by atoms with Gasteiger partial charge in [-0.05, 0) is 48.2 Å². The van der Waals surface area contributed by atoms with Gasteiger partial charge in [-0.15, -0.1) is 0 Å². The zero-order valence-electron chi connectivity index (χ0n) is 14.8. The van der Waals surface area contributed by atoms with Crippen LogP contribution in [0, 0.1) is 0 Å². The third-order valence-corrected chi connectivity index (χ3v) is 5.32. The Labute approximate surface area is 153 Å². The van der Waals surface area contributed by atoms with E-state index in [1.165, 1.54) is 18.1 Å². The molecule has 4 rings (SSSR count). The largest absolute Gasteiger partial charge is 0.365 e. The molecule has 5 nitrogen and oxygen atoms in total. The van der Waals surface area contributed by atoms with Gasteiger partial charge in [-0.2, -0.15) is 0 Å². The molecule has 0 bridgehead atoms. The number of amides is 2. The van der Waals surface area contributed by atoms with Crippen LogP contribution in [-0.2, 0) is 21.7 Å². The lowest BCUT2D eigenvalue weighted by molar-refractivity contribution is -0.114. The standard InChI is InChI=1S/C21H22N2O3/c1-15(24)22-18-8-6-16(7-9-18)20(25)23-12-10-21(11-13-23)19-5-3-2-4-17(19)14-26-21/h2-9H,10-14H2,1H3,(H,22,24). The molecule has 134 valence electrons. The molecule has 0 aromatic heterocycles. The molecule has 1 N–H and O–H groups in total. The highest BCUT2D eigenvalue weighted by molar-refractivity contribution is 5.95. The summed E-state index contributed by atoms with van der Waals surface area (Å²) in [6.45, 7) is 3.49. The van der Waals surface area contributed by atoms with Crippen LogP contribution in [0.15, 0.2) is 48.5 Å². The maximum Gasteiger partial charge on any atom is 0.253 e. The van der Waals surface area contributed by atoms with E-state index in [0.29, 0.717) is 30.9 Å². The molecule has 1 fully saturated rings. The average Bonchev–Trinajstić information content (AvgIpc) is 3.01. The molecule has 0 aliphatic carbocycles. The molecule has 2 aromatic rings. The second-order valence-electron chi connectivity index (χ2n) is 6.99. The second-order valence-corrected chi connectivity index (χ2v) is 6.99. The number of nitrogens with zero attached hydrogens (tertiary/aromatic N) is 1. The number of anilines is 1. The van der Waals surface area contributed by atoms with Gasteiger partial charge in [0.15, 0.2) is 0 Å². The number of ether oxygens (including phenoxy) is 1. The van der Waals surface area contributed by atoms with Crippen molar-refractivity contribution < 1.29 is 14.3 Å². The summed E-state index contributed by atoms with van der Waals surface area (Å²) in [5.74, 6) is -0.0947. The predicted octanol–water partition coefficient (Wildman–Crippen LogP) is 3.31. The molecule has 1 saturated heterocycles. The van der Waals surface area contributed by atoms with Gasteiger partial charge in [0, 0.05) is 31.3 Å². The van der Waals surface area contributed by atoms with E-state index in [4.69, 9.17) is 4.74 Å². The van der Waals surface area contributed by atoms with E-state index in [2.05, 4.69) is 23.5 Å². The van der Waals surface area contributed by atoms with E-state index in [9.17, 15) is 9.59 Å². The summed E-state index contributed by atoms with van der Waals surface area (Å²) in [6.07, 6.45) is 1.64. The molecular formula is C21H22N2O3. The molecule has 2 aliphatic rings. The average molecular weight is 350 g/mol. The van der Waals surface area contributed by atoms with Crippen LogP contribution in [0.5, 0.6) is 0 Å². The first-order valence-electron chi connectivity index (χ1n) is 8.97. The van der Waals surface area contributed by atoms with Crippen molar-refractivity contribution in [1.82, 2.24) is 4.90 Å². The van der Waals surface area contributed by atoms with Gasteiger partial charge in [0.1, 0.15) is 0 Å². The van der Waals surface area contributed by atoms with E-state index in [1.807, 2.05) is 11.0 Å². The molecule has 0 atom stereocenters. The van der Waals surface area contributed by atoms with Crippen molar-refractivity contribution in [2.24, 2.45) is 0 Å². The van der Waals surface area contributed by atoms with Crippen molar-refractivity contribution in [3.8, 4) is 0 Å². The fourth-order valence-corrected chi connectivity index (χ4v) is 3.95. The number of benzene rings is 2. The number of likely N-dealkylation sites (tertiary alicyclic amines) is 1. The van der Waals surface area contributed by atoms with Gasteiger partial charge in [-0.3, -0.25) is 9.59 Å². The first-order valence-corrected chi connectivity index (χ1v) is 8.97. The maximum absolute atomic E-state index is 12.8. The lowest BCUT2D eigenvalue weighted by Crippen LogP contribution is -2.45. The molecule has 26 heavy (non-hydrogen) atoms. The van der Waals surface area contributed by atoms with Gasteiger partial charge in [0.25, 0.3) is 5.91 Å². The number of hydrogen-bond acceptors (Lipinski definition) is 3. The maximum atomic E-state index is 12.8. The molecule has 5 heteroatoms. The predicted molar refractivity (Wildman–Crippen MR) is 98.8 cm³/mol. The molecule has 1 spiro atoms. The van der Waals surface area contributed by atoms with Crippen molar-refractivity contribution in [3.63, 3.8) is 0 Å². The van der Waals surface area contributed by atoms with Crippen molar-refractivity contribution in [3.05, 3.63) is 65.2 Å². The van der Waals surface area contributed by atoms with Crippen LogP contribution >= 0.6 is 0 Å². The molecule has 2 amide bonds. The number of carbonyl (C=O) groups excluding carboxylic acids is 2. The number of rotatable bonds is 2. The first kappa shape index (κ1) is 16.8. The SMILES string of the molecule is CC(=O)Nc1ccc(C(=O)N2CCC3(CC2)OCc2ccccc23)cc1. The normalized spacial score (nSPS) is 17.8. The lowest BCUT2D eigenvalue weighted by Gasteiger charge is -2.39. The topological polar surface area (TPSA) is 58.6 Å². The third-order valence-electron chi connectivity index (χ3n) is 5.32. The molecule has 2 heterocycles. The van der Waals surface area contributed by atoms with E-state index in [0.717, 1.165) is 12.8 Å². The van der Waals surface area contributed by atoms with Crippen molar-refractivity contribution in [2.75, 3.05) is 18.4 Å².